The Morgan fingerprint density at radius 2 is 1.68 bits per heavy atom. The zero-order valence-electron chi connectivity index (χ0n) is 20.4. The van der Waals surface area contributed by atoms with Crippen molar-refractivity contribution in [3.8, 4) is 0 Å². The lowest BCUT2D eigenvalue weighted by molar-refractivity contribution is -0.132. The Balaban J connectivity index is 1.28. The number of allylic oxidation sites excluding steroid dienone is 2. The van der Waals surface area contributed by atoms with Gasteiger partial charge in [0.25, 0.3) is 0 Å². The number of rotatable bonds is 8. The summed E-state index contributed by atoms with van der Waals surface area (Å²) in [7, 11) is 0. The fourth-order valence-electron chi connectivity index (χ4n) is 4.75. The molecule has 1 N–H and O–H groups in total. The largest absolute Gasteiger partial charge is 0.467 e. The van der Waals surface area contributed by atoms with Gasteiger partial charge in [-0.25, -0.2) is 0 Å². The summed E-state index contributed by atoms with van der Waals surface area (Å²) in [6, 6.07) is 9.81. The maximum absolute atomic E-state index is 13.3. The second-order valence-electron chi connectivity index (χ2n) is 9.37. The van der Waals surface area contributed by atoms with Crippen LogP contribution in [-0.2, 0) is 16.1 Å². The van der Waals surface area contributed by atoms with Crippen molar-refractivity contribution in [1.29, 1.82) is 0 Å². The van der Waals surface area contributed by atoms with Crippen molar-refractivity contribution in [2.24, 2.45) is 0 Å². The van der Waals surface area contributed by atoms with E-state index in [4.69, 9.17) is 4.42 Å². The second-order valence-corrected chi connectivity index (χ2v) is 9.37. The number of hydrogen-bond donors (Lipinski definition) is 1. The fourth-order valence-corrected chi connectivity index (χ4v) is 4.75. The van der Waals surface area contributed by atoms with Gasteiger partial charge in [-0.2, -0.15) is 0 Å². The molecule has 2 amide bonds. The van der Waals surface area contributed by atoms with Crippen LogP contribution in [-0.4, -0.2) is 65.8 Å². The van der Waals surface area contributed by atoms with Crippen molar-refractivity contribution in [3.63, 3.8) is 0 Å². The normalized spacial score (nSPS) is 17.3. The second kappa shape index (κ2) is 11.5. The number of para-hydroxylation sites is 1. The quantitative estimate of drug-likeness (QED) is 0.641. The molecule has 1 aliphatic carbocycles. The summed E-state index contributed by atoms with van der Waals surface area (Å²) in [6.07, 6.45) is 8.14. The van der Waals surface area contributed by atoms with Gasteiger partial charge in [-0.15, -0.1) is 0 Å². The lowest BCUT2D eigenvalue weighted by Crippen LogP contribution is -2.51. The number of nitrogens with one attached hydrogen (secondary N) is 1. The number of hydrogen-bond acceptors (Lipinski definition) is 5. The number of furan rings is 1. The van der Waals surface area contributed by atoms with Gasteiger partial charge in [0.15, 0.2) is 0 Å². The highest BCUT2D eigenvalue weighted by Gasteiger charge is 2.26. The van der Waals surface area contributed by atoms with Crippen molar-refractivity contribution < 1.29 is 14.0 Å². The van der Waals surface area contributed by atoms with E-state index in [1.54, 1.807) is 6.26 Å². The number of benzene rings is 1. The fraction of sp³-hybridized carbons (Fsp3) is 0.481. The lowest BCUT2D eigenvalue weighted by Gasteiger charge is -2.35. The Labute approximate surface area is 202 Å². The van der Waals surface area contributed by atoms with Crippen LogP contribution >= 0.6 is 0 Å². The Morgan fingerprint density at radius 3 is 2.29 bits per heavy atom. The first-order valence-electron chi connectivity index (χ1n) is 12.3. The Morgan fingerprint density at radius 1 is 0.971 bits per heavy atom. The first kappa shape index (κ1) is 24.2. The van der Waals surface area contributed by atoms with Crippen LogP contribution < -0.4 is 5.32 Å². The van der Waals surface area contributed by atoms with E-state index in [1.165, 1.54) is 6.42 Å². The van der Waals surface area contributed by atoms with E-state index in [2.05, 4.69) is 21.2 Å². The summed E-state index contributed by atoms with van der Waals surface area (Å²) < 4.78 is 5.52. The number of amides is 2. The molecule has 0 saturated carbocycles. The van der Waals surface area contributed by atoms with E-state index in [0.29, 0.717) is 19.6 Å². The van der Waals surface area contributed by atoms with Crippen molar-refractivity contribution in [2.45, 2.75) is 46.1 Å². The topological polar surface area (TPSA) is 69.0 Å². The van der Waals surface area contributed by atoms with Crippen LogP contribution in [0.15, 0.2) is 52.8 Å². The van der Waals surface area contributed by atoms with Crippen LogP contribution in [0.4, 0.5) is 5.69 Å². The molecule has 2 aromatic rings. The van der Waals surface area contributed by atoms with Gasteiger partial charge in [0, 0.05) is 37.6 Å². The predicted molar refractivity (Wildman–Crippen MR) is 133 cm³/mol. The van der Waals surface area contributed by atoms with E-state index in [-0.39, 0.29) is 11.8 Å². The van der Waals surface area contributed by atoms with Gasteiger partial charge in [-0.05, 0) is 62.8 Å². The van der Waals surface area contributed by atoms with Crippen LogP contribution in [0, 0.1) is 13.8 Å². The smallest absolute Gasteiger partial charge is 0.241 e. The monoisotopic (exact) mass is 464 g/mol. The minimum absolute atomic E-state index is 0.00999. The molecule has 1 saturated heterocycles. The molecule has 34 heavy (non-hydrogen) atoms. The standard InChI is InChI=1S/C27H36N4O3/c1-21-8-6-9-22(2)27(21)28-25(32)19-29-13-15-30(16-14-29)20-26(33)31(18-24-12-7-17-34-24)23-10-4-3-5-11-23/h6-10,12,17H,3-5,11,13-16,18-20H2,1-2H3,(H,28,32). The van der Waals surface area contributed by atoms with Crippen molar-refractivity contribution in [2.75, 3.05) is 44.6 Å². The minimum atomic E-state index is 0.00999. The van der Waals surface area contributed by atoms with Crippen LogP contribution in [0.1, 0.15) is 42.6 Å². The highest BCUT2D eigenvalue weighted by atomic mass is 16.3. The van der Waals surface area contributed by atoms with Crippen molar-refractivity contribution in [3.05, 3.63) is 65.3 Å². The summed E-state index contributed by atoms with van der Waals surface area (Å²) in [5.74, 6) is 0.932. The molecule has 1 fully saturated rings. The third kappa shape index (κ3) is 6.36. The maximum Gasteiger partial charge on any atom is 0.241 e. The van der Waals surface area contributed by atoms with Gasteiger partial charge >= 0.3 is 0 Å². The minimum Gasteiger partial charge on any atom is -0.467 e. The summed E-state index contributed by atoms with van der Waals surface area (Å²) in [4.78, 5) is 32.2. The van der Waals surface area contributed by atoms with E-state index >= 15 is 0 Å². The van der Waals surface area contributed by atoms with E-state index in [9.17, 15) is 9.59 Å². The molecule has 2 heterocycles. The first-order valence-corrected chi connectivity index (χ1v) is 12.3. The Hall–Kier alpha value is -2.90. The van der Waals surface area contributed by atoms with Crippen LogP contribution in [0.25, 0.3) is 0 Å². The number of piperazine rings is 1. The van der Waals surface area contributed by atoms with E-state index in [0.717, 1.165) is 73.7 Å². The van der Waals surface area contributed by atoms with Gasteiger partial charge in [0.2, 0.25) is 11.8 Å². The third-order valence-corrected chi connectivity index (χ3v) is 6.75. The molecule has 4 rings (SSSR count). The molecule has 0 radical (unpaired) electrons. The molecule has 1 aromatic heterocycles. The SMILES string of the molecule is Cc1cccc(C)c1NC(=O)CN1CCN(CC(=O)N(Cc2ccco2)C2=CCCCC2)CC1. The van der Waals surface area contributed by atoms with Gasteiger partial charge in [-0.1, -0.05) is 24.3 Å². The Bertz CT molecular complexity index is 987. The molecule has 2 aliphatic rings. The number of carbonyl (C=O) groups excluding carboxylic acids is 2. The predicted octanol–water partition coefficient (Wildman–Crippen LogP) is 3.94. The highest BCUT2D eigenvalue weighted by Crippen LogP contribution is 2.24. The average molecular weight is 465 g/mol. The molecule has 0 unspecified atom stereocenters. The molecule has 7 heteroatoms. The highest BCUT2D eigenvalue weighted by molar-refractivity contribution is 5.93. The van der Waals surface area contributed by atoms with Crippen LogP contribution in [0.2, 0.25) is 0 Å². The van der Waals surface area contributed by atoms with Crippen LogP contribution in [0.5, 0.6) is 0 Å². The lowest BCUT2D eigenvalue weighted by atomic mass is 10.0. The van der Waals surface area contributed by atoms with Gasteiger partial charge in [0.1, 0.15) is 5.76 Å². The molecule has 182 valence electrons. The molecular weight excluding hydrogens is 428 g/mol. The molecule has 1 aromatic carbocycles. The first-order chi connectivity index (χ1) is 16.5. The number of carbonyl (C=O) groups is 2. The zero-order valence-corrected chi connectivity index (χ0v) is 20.4. The Kier molecular flexibility index (Phi) is 8.19. The average Bonchev–Trinajstić information content (AvgIpc) is 3.35. The molecule has 0 atom stereocenters. The van der Waals surface area contributed by atoms with Gasteiger partial charge < -0.3 is 14.6 Å². The third-order valence-electron chi connectivity index (χ3n) is 6.75. The van der Waals surface area contributed by atoms with Crippen molar-refractivity contribution >= 4 is 17.5 Å². The van der Waals surface area contributed by atoms with E-state index in [1.807, 2.05) is 49.1 Å². The zero-order chi connectivity index (χ0) is 23.9. The van der Waals surface area contributed by atoms with E-state index < -0.39 is 0 Å². The van der Waals surface area contributed by atoms with Crippen molar-refractivity contribution in [1.82, 2.24) is 14.7 Å². The summed E-state index contributed by atoms with van der Waals surface area (Å²) >= 11 is 0. The maximum atomic E-state index is 13.3. The molecule has 0 spiro atoms. The summed E-state index contributed by atoms with van der Waals surface area (Å²) in [5.41, 5.74) is 4.17. The number of aryl methyl sites for hydroxylation is 2. The summed E-state index contributed by atoms with van der Waals surface area (Å²) in [6.45, 7) is 8.35. The van der Waals surface area contributed by atoms with Gasteiger partial charge in [0.05, 0.1) is 25.9 Å². The van der Waals surface area contributed by atoms with Gasteiger partial charge in [-0.3, -0.25) is 19.4 Å². The van der Waals surface area contributed by atoms with Crippen LogP contribution in [0.3, 0.4) is 0 Å². The molecule has 1 aliphatic heterocycles. The number of nitrogens with zero attached hydrogens (tertiary/aromatic N) is 3. The number of anilines is 1. The summed E-state index contributed by atoms with van der Waals surface area (Å²) in [5, 5.41) is 3.07. The molecule has 0 bridgehead atoms. The molecular formula is C27H36N4O3. The molecule has 7 nitrogen and oxygen atoms in total.